The summed E-state index contributed by atoms with van der Waals surface area (Å²) in [5.74, 6) is -0.247. The third-order valence-corrected chi connectivity index (χ3v) is 2.58. The number of carbonyl (C=O) groups excluding carboxylic acids is 1. The van der Waals surface area contributed by atoms with Crippen molar-refractivity contribution < 1.29 is 9.53 Å². The first-order valence-electron chi connectivity index (χ1n) is 5.28. The Hall–Kier alpha value is -1.24. The molecule has 0 heterocycles. The molecule has 92 valence electrons. The molecule has 4 nitrogen and oxygen atoms in total. The molecule has 1 rings (SSSR count). The van der Waals surface area contributed by atoms with Crippen molar-refractivity contribution in [2.45, 2.75) is 6.42 Å². The van der Waals surface area contributed by atoms with E-state index in [-0.39, 0.29) is 5.91 Å². The van der Waals surface area contributed by atoms with Crippen molar-refractivity contribution in [2.24, 2.45) is 0 Å². The first-order chi connectivity index (χ1) is 8.33. The molecule has 1 aromatic carbocycles. The number of ether oxygens (including phenoxy) is 1. The number of anilines is 1. The molecule has 5 heteroatoms. The molecular weight excluding hydrogens is 331 g/mol. The van der Waals surface area contributed by atoms with Gasteiger partial charge < -0.3 is 4.74 Å². The molecule has 0 aliphatic rings. The van der Waals surface area contributed by atoms with Gasteiger partial charge in [0.1, 0.15) is 0 Å². The Morgan fingerprint density at radius 2 is 2.12 bits per heavy atom. The maximum atomic E-state index is 11.3. The number of amides is 1. The topological polar surface area (TPSA) is 50.4 Å². The standard InChI is InChI=1S/C12H15IN2O2/c13-8-4-9-17-10-7-12(16)15-14-11-5-2-1-3-6-11/h1-3,5-7,10,14H,4,8-9H2,(H,15,16)/b10-7+. The Bertz CT molecular complexity index is 355. The summed E-state index contributed by atoms with van der Waals surface area (Å²) in [6, 6.07) is 9.41. The number of rotatable bonds is 7. The summed E-state index contributed by atoms with van der Waals surface area (Å²) >= 11 is 2.28. The first-order valence-corrected chi connectivity index (χ1v) is 6.80. The van der Waals surface area contributed by atoms with E-state index in [2.05, 4.69) is 33.4 Å². The van der Waals surface area contributed by atoms with Crippen molar-refractivity contribution in [2.75, 3.05) is 16.5 Å². The Morgan fingerprint density at radius 1 is 1.35 bits per heavy atom. The number of hydrogen-bond acceptors (Lipinski definition) is 3. The van der Waals surface area contributed by atoms with Crippen LogP contribution in [0.3, 0.4) is 0 Å². The zero-order valence-electron chi connectivity index (χ0n) is 9.36. The van der Waals surface area contributed by atoms with Gasteiger partial charge in [-0.2, -0.15) is 0 Å². The number of hydrogen-bond donors (Lipinski definition) is 2. The highest BCUT2D eigenvalue weighted by molar-refractivity contribution is 14.1. The highest BCUT2D eigenvalue weighted by Gasteiger charge is 1.94. The SMILES string of the molecule is O=C(/C=C/OCCCI)NNc1ccccc1. The van der Waals surface area contributed by atoms with Gasteiger partial charge in [0, 0.05) is 10.5 Å². The van der Waals surface area contributed by atoms with Crippen LogP contribution >= 0.6 is 22.6 Å². The van der Waals surface area contributed by atoms with Crippen molar-refractivity contribution in [1.82, 2.24) is 5.43 Å². The van der Waals surface area contributed by atoms with E-state index in [4.69, 9.17) is 4.74 Å². The Morgan fingerprint density at radius 3 is 2.82 bits per heavy atom. The van der Waals surface area contributed by atoms with Crippen molar-refractivity contribution in [1.29, 1.82) is 0 Å². The lowest BCUT2D eigenvalue weighted by Crippen LogP contribution is -2.27. The molecule has 1 amide bonds. The Labute approximate surface area is 115 Å². The molecule has 0 aliphatic carbocycles. The minimum absolute atomic E-state index is 0.247. The van der Waals surface area contributed by atoms with Gasteiger partial charge in [0.2, 0.25) is 0 Å². The lowest BCUT2D eigenvalue weighted by Gasteiger charge is -2.05. The van der Waals surface area contributed by atoms with Crippen LogP contribution in [0.2, 0.25) is 0 Å². The molecule has 0 aliphatic heterocycles. The monoisotopic (exact) mass is 346 g/mol. The Balaban J connectivity index is 2.17. The second-order valence-electron chi connectivity index (χ2n) is 3.20. The largest absolute Gasteiger partial charge is 0.501 e. The van der Waals surface area contributed by atoms with Crippen LogP contribution in [0.1, 0.15) is 6.42 Å². The number of halogens is 1. The van der Waals surface area contributed by atoms with Crippen LogP contribution < -0.4 is 10.9 Å². The number of para-hydroxylation sites is 1. The van der Waals surface area contributed by atoms with Crippen LogP contribution in [-0.2, 0) is 9.53 Å². The molecule has 0 atom stereocenters. The van der Waals surface area contributed by atoms with Gasteiger partial charge in [0.05, 0.1) is 18.6 Å². The van der Waals surface area contributed by atoms with Crippen LogP contribution in [0, 0.1) is 0 Å². The van der Waals surface area contributed by atoms with E-state index in [9.17, 15) is 4.79 Å². The van der Waals surface area contributed by atoms with Crippen LogP contribution in [0.15, 0.2) is 42.7 Å². The highest BCUT2D eigenvalue weighted by atomic mass is 127. The molecule has 0 aromatic heterocycles. The van der Waals surface area contributed by atoms with Gasteiger partial charge in [-0.15, -0.1) is 0 Å². The van der Waals surface area contributed by atoms with E-state index in [1.54, 1.807) is 0 Å². The second kappa shape index (κ2) is 8.86. The molecule has 0 radical (unpaired) electrons. The van der Waals surface area contributed by atoms with Gasteiger partial charge in [0.15, 0.2) is 0 Å². The van der Waals surface area contributed by atoms with E-state index >= 15 is 0 Å². The third kappa shape index (κ3) is 6.83. The summed E-state index contributed by atoms with van der Waals surface area (Å²) in [6.07, 6.45) is 3.74. The zero-order valence-corrected chi connectivity index (χ0v) is 11.5. The zero-order chi connectivity index (χ0) is 12.3. The highest BCUT2D eigenvalue weighted by Crippen LogP contribution is 2.02. The van der Waals surface area contributed by atoms with Crippen molar-refractivity contribution >= 4 is 34.2 Å². The maximum absolute atomic E-state index is 11.3. The fourth-order valence-corrected chi connectivity index (χ4v) is 1.32. The number of benzene rings is 1. The predicted molar refractivity (Wildman–Crippen MR) is 76.8 cm³/mol. The molecule has 0 saturated heterocycles. The Kier molecular flexibility index (Phi) is 7.20. The minimum atomic E-state index is -0.247. The fraction of sp³-hybridized carbons (Fsp3) is 0.250. The molecule has 0 spiro atoms. The van der Waals surface area contributed by atoms with Gasteiger partial charge in [-0.05, 0) is 18.6 Å². The third-order valence-electron chi connectivity index (χ3n) is 1.82. The summed E-state index contributed by atoms with van der Waals surface area (Å²) in [5, 5.41) is 0. The number of alkyl halides is 1. The predicted octanol–water partition coefficient (Wildman–Crippen LogP) is 2.49. The number of carbonyl (C=O) groups is 1. The smallest absolute Gasteiger partial charge is 0.265 e. The van der Waals surface area contributed by atoms with E-state index < -0.39 is 0 Å². The van der Waals surface area contributed by atoms with Crippen LogP contribution in [0.25, 0.3) is 0 Å². The fourth-order valence-electron chi connectivity index (χ4n) is 1.01. The van der Waals surface area contributed by atoms with Gasteiger partial charge in [0.25, 0.3) is 5.91 Å². The van der Waals surface area contributed by atoms with Crippen molar-refractivity contribution in [3.05, 3.63) is 42.7 Å². The summed E-state index contributed by atoms with van der Waals surface area (Å²) < 4.78 is 6.17. The first kappa shape index (κ1) is 13.8. The van der Waals surface area contributed by atoms with Crippen molar-refractivity contribution in [3.8, 4) is 0 Å². The minimum Gasteiger partial charge on any atom is -0.501 e. The van der Waals surface area contributed by atoms with E-state index in [0.717, 1.165) is 16.5 Å². The number of hydrazine groups is 1. The van der Waals surface area contributed by atoms with Gasteiger partial charge in [-0.1, -0.05) is 40.8 Å². The van der Waals surface area contributed by atoms with Gasteiger partial charge in [-0.3, -0.25) is 15.6 Å². The molecule has 2 N–H and O–H groups in total. The summed E-state index contributed by atoms with van der Waals surface area (Å²) in [5.41, 5.74) is 6.15. The average molecular weight is 346 g/mol. The molecule has 0 saturated carbocycles. The van der Waals surface area contributed by atoms with Crippen LogP contribution in [0.5, 0.6) is 0 Å². The van der Waals surface area contributed by atoms with Crippen LogP contribution in [-0.4, -0.2) is 16.9 Å². The molecular formula is C12H15IN2O2. The maximum Gasteiger partial charge on any atom is 0.265 e. The molecule has 0 bridgehead atoms. The number of nitrogens with one attached hydrogen (secondary N) is 2. The quantitative estimate of drug-likeness (QED) is 0.199. The van der Waals surface area contributed by atoms with Crippen LogP contribution in [0.4, 0.5) is 5.69 Å². The molecule has 1 aromatic rings. The second-order valence-corrected chi connectivity index (χ2v) is 4.28. The van der Waals surface area contributed by atoms with E-state index in [1.165, 1.54) is 12.3 Å². The van der Waals surface area contributed by atoms with E-state index in [1.807, 2.05) is 30.3 Å². The van der Waals surface area contributed by atoms with E-state index in [0.29, 0.717) is 6.61 Å². The molecule has 17 heavy (non-hydrogen) atoms. The van der Waals surface area contributed by atoms with Crippen molar-refractivity contribution in [3.63, 3.8) is 0 Å². The summed E-state index contributed by atoms with van der Waals surface area (Å²) in [4.78, 5) is 11.3. The molecule has 0 unspecified atom stereocenters. The summed E-state index contributed by atoms with van der Waals surface area (Å²) in [7, 11) is 0. The lowest BCUT2D eigenvalue weighted by atomic mass is 10.3. The molecule has 0 fully saturated rings. The lowest BCUT2D eigenvalue weighted by molar-refractivity contribution is -0.116. The van der Waals surface area contributed by atoms with Gasteiger partial charge >= 0.3 is 0 Å². The normalized spacial score (nSPS) is 10.2. The van der Waals surface area contributed by atoms with Gasteiger partial charge in [-0.25, -0.2) is 0 Å². The average Bonchev–Trinajstić information content (AvgIpc) is 2.37. The summed E-state index contributed by atoms with van der Waals surface area (Å²) in [6.45, 7) is 0.638.